The Labute approximate surface area is 155 Å². The second-order valence-corrected chi connectivity index (χ2v) is 6.18. The fourth-order valence-electron chi connectivity index (χ4n) is 3.14. The Hall–Kier alpha value is -2.93. The van der Waals surface area contributed by atoms with Crippen LogP contribution in [0.5, 0.6) is 11.5 Å². The van der Waals surface area contributed by atoms with E-state index in [1.807, 2.05) is 47.9 Å². The second-order valence-electron chi connectivity index (χ2n) is 5.77. The van der Waals surface area contributed by atoms with E-state index in [2.05, 4.69) is 15.3 Å². The molecule has 7 nitrogen and oxygen atoms in total. The third kappa shape index (κ3) is 2.61. The molecule has 1 aromatic heterocycles. The number of imidazole rings is 1. The SMILES string of the molecule is CCOc1cc([C@H]2N=C(N)Nc3nc4ccccc4n32)cc(Cl)c1OC. The first-order valence-electron chi connectivity index (χ1n) is 8.20. The average Bonchev–Trinajstić information content (AvgIpc) is 2.99. The van der Waals surface area contributed by atoms with E-state index in [0.29, 0.717) is 35.0 Å². The summed E-state index contributed by atoms with van der Waals surface area (Å²) >= 11 is 6.42. The number of nitrogens with one attached hydrogen (secondary N) is 1. The minimum Gasteiger partial charge on any atom is -0.491 e. The lowest BCUT2D eigenvalue weighted by molar-refractivity contribution is 0.310. The standard InChI is InChI=1S/C18H18ClN5O2/c1-3-26-14-9-10(8-11(19)15(14)25-2)16-22-17(20)23-18-21-12-6-4-5-7-13(12)24(16)18/h4-9,16H,3H2,1-2H3,(H3,20,21,22,23)/t16-/m0/s1. The maximum atomic E-state index is 6.42. The monoisotopic (exact) mass is 371 g/mol. The van der Waals surface area contributed by atoms with Gasteiger partial charge in [-0.1, -0.05) is 23.7 Å². The molecular weight excluding hydrogens is 354 g/mol. The summed E-state index contributed by atoms with van der Waals surface area (Å²) in [6.45, 7) is 2.40. The Morgan fingerprint density at radius 3 is 2.88 bits per heavy atom. The predicted octanol–water partition coefficient (Wildman–Crippen LogP) is 3.38. The lowest BCUT2D eigenvalue weighted by atomic mass is 10.1. The number of anilines is 1. The number of benzene rings is 2. The van der Waals surface area contributed by atoms with Gasteiger partial charge in [0.25, 0.3) is 0 Å². The van der Waals surface area contributed by atoms with Crippen molar-refractivity contribution >= 4 is 34.5 Å². The third-order valence-electron chi connectivity index (χ3n) is 4.18. The van der Waals surface area contributed by atoms with Gasteiger partial charge in [0.1, 0.15) is 0 Å². The third-order valence-corrected chi connectivity index (χ3v) is 4.46. The van der Waals surface area contributed by atoms with Crippen LogP contribution in [0.25, 0.3) is 11.0 Å². The molecule has 0 unspecified atom stereocenters. The fraction of sp³-hybridized carbons (Fsp3) is 0.222. The lowest BCUT2D eigenvalue weighted by Gasteiger charge is -2.25. The Morgan fingerprint density at radius 1 is 1.31 bits per heavy atom. The minimum atomic E-state index is -0.415. The molecule has 134 valence electrons. The highest BCUT2D eigenvalue weighted by Gasteiger charge is 2.26. The van der Waals surface area contributed by atoms with Crippen LogP contribution in [-0.4, -0.2) is 29.2 Å². The van der Waals surface area contributed by atoms with Gasteiger partial charge < -0.3 is 15.2 Å². The molecule has 1 atom stereocenters. The maximum absolute atomic E-state index is 6.42. The second kappa shape index (κ2) is 6.42. The molecule has 2 heterocycles. The van der Waals surface area contributed by atoms with Crippen LogP contribution in [0, 0.1) is 0 Å². The van der Waals surface area contributed by atoms with Gasteiger partial charge in [0.2, 0.25) is 5.95 Å². The Kier molecular flexibility index (Phi) is 4.08. The van der Waals surface area contributed by atoms with Crippen molar-refractivity contribution in [2.75, 3.05) is 19.0 Å². The van der Waals surface area contributed by atoms with Crippen molar-refractivity contribution in [3.63, 3.8) is 0 Å². The van der Waals surface area contributed by atoms with Gasteiger partial charge in [-0.3, -0.25) is 9.88 Å². The van der Waals surface area contributed by atoms with Crippen LogP contribution in [-0.2, 0) is 0 Å². The van der Waals surface area contributed by atoms with Gasteiger partial charge in [-0.25, -0.2) is 9.98 Å². The highest BCUT2D eigenvalue weighted by molar-refractivity contribution is 6.32. The molecule has 1 aliphatic rings. The van der Waals surface area contributed by atoms with Crippen molar-refractivity contribution in [2.45, 2.75) is 13.1 Å². The number of halogens is 1. The van der Waals surface area contributed by atoms with Gasteiger partial charge in [0, 0.05) is 5.56 Å². The summed E-state index contributed by atoms with van der Waals surface area (Å²) in [4.78, 5) is 9.16. The lowest BCUT2D eigenvalue weighted by Crippen LogP contribution is -2.31. The molecule has 0 amide bonds. The van der Waals surface area contributed by atoms with Gasteiger partial charge >= 0.3 is 0 Å². The topological polar surface area (TPSA) is 86.7 Å². The first kappa shape index (κ1) is 16.5. The molecule has 0 aliphatic carbocycles. The summed E-state index contributed by atoms with van der Waals surface area (Å²) in [5.74, 6) is 1.99. The summed E-state index contributed by atoms with van der Waals surface area (Å²) in [6, 6.07) is 11.5. The number of rotatable bonds is 4. The van der Waals surface area contributed by atoms with E-state index >= 15 is 0 Å². The van der Waals surface area contributed by atoms with Crippen LogP contribution >= 0.6 is 11.6 Å². The number of guanidine groups is 1. The quantitative estimate of drug-likeness (QED) is 0.734. The summed E-state index contributed by atoms with van der Waals surface area (Å²) in [5.41, 5.74) is 8.62. The average molecular weight is 372 g/mol. The maximum Gasteiger partial charge on any atom is 0.212 e. The molecule has 0 saturated carbocycles. The van der Waals surface area contributed by atoms with E-state index in [-0.39, 0.29) is 0 Å². The molecule has 0 radical (unpaired) electrons. The highest BCUT2D eigenvalue weighted by Crippen LogP contribution is 2.41. The van der Waals surface area contributed by atoms with Crippen LogP contribution in [0.2, 0.25) is 5.02 Å². The summed E-state index contributed by atoms with van der Waals surface area (Å²) in [5, 5.41) is 3.47. The van der Waals surface area contributed by atoms with Crippen LogP contribution < -0.4 is 20.5 Å². The smallest absolute Gasteiger partial charge is 0.212 e. The Morgan fingerprint density at radius 2 is 2.12 bits per heavy atom. The first-order chi connectivity index (χ1) is 12.6. The van der Waals surface area contributed by atoms with Crippen molar-refractivity contribution in [3.8, 4) is 11.5 Å². The number of fused-ring (bicyclic) bond motifs is 3. The molecule has 4 rings (SSSR count). The zero-order valence-electron chi connectivity index (χ0n) is 14.4. The molecule has 1 aliphatic heterocycles. The van der Waals surface area contributed by atoms with E-state index in [1.54, 1.807) is 7.11 Å². The number of hydrogen-bond donors (Lipinski definition) is 2. The van der Waals surface area contributed by atoms with Crippen LogP contribution in [0.1, 0.15) is 18.7 Å². The number of ether oxygens (including phenoxy) is 2. The Balaban J connectivity index is 1.92. The largest absolute Gasteiger partial charge is 0.491 e. The number of hydrogen-bond acceptors (Lipinski definition) is 6. The van der Waals surface area contributed by atoms with E-state index in [9.17, 15) is 0 Å². The zero-order chi connectivity index (χ0) is 18.3. The summed E-state index contributed by atoms with van der Waals surface area (Å²) in [7, 11) is 1.56. The predicted molar refractivity (Wildman–Crippen MR) is 102 cm³/mol. The van der Waals surface area contributed by atoms with Crippen LogP contribution in [0.15, 0.2) is 41.4 Å². The van der Waals surface area contributed by atoms with Crippen LogP contribution in [0.4, 0.5) is 5.95 Å². The first-order valence-corrected chi connectivity index (χ1v) is 8.57. The molecule has 8 heteroatoms. The van der Waals surface area contributed by atoms with Crippen LogP contribution in [0.3, 0.4) is 0 Å². The summed E-state index contributed by atoms with van der Waals surface area (Å²) in [6.07, 6.45) is -0.415. The van der Waals surface area contributed by atoms with Gasteiger partial charge in [-0.05, 0) is 31.2 Å². The normalized spacial score (nSPS) is 16.0. The highest BCUT2D eigenvalue weighted by atomic mass is 35.5. The molecule has 3 aromatic rings. The van der Waals surface area contributed by atoms with Gasteiger partial charge in [0.05, 0.1) is 29.8 Å². The number of para-hydroxylation sites is 2. The minimum absolute atomic E-state index is 0.294. The van der Waals surface area contributed by atoms with Crippen molar-refractivity contribution in [3.05, 3.63) is 47.0 Å². The molecule has 2 aromatic carbocycles. The van der Waals surface area contributed by atoms with Crippen molar-refractivity contribution < 1.29 is 9.47 Å². The van der Waals surface area contributed by atoms with E-state index < -0.39 is 6.17 Å². The number of aromatic nitrogens is 2. The summed E-state index contributed by atoms with van der Waals surface area (Å²) < 4.78 is 13.0. The van der Waals surface area contributed by atoms with Crippen molar-refractivity contribution in [1.82, 2.24) is 9.55 Å². The fourth-order valence-corrected chi connectivity index (χ4v) is 3.43. The van der Waals surface area contributed by atoms with E-state index in [4.69, 9.17) is 26.8 Å². The number of methoxy groups -OCH3 is 1. The molecule has 0 fully saturated rings. The number of aliphatic imine (C=N–C) groups is 1. The number of nitrogens with two attached hydrogens (primary N) is 1. The van der Waals surface area contributed by atoms with Gasteiger partial charge in [-0.15, -0.1) is 0 Å². The molecule has 26 heavy (non-hydrogen) atoms. The zero-order valence-corrected chi connectivity index (χ0v) is 15.1. The molecule has 0 saturated heterocycles. The van der Waals surface area contributed by atoms with E-state index in [0.717, 1.165) is 16.6 Å². The molecule has 3 N–H and O–H groups in total. The van der Waals surface area contributed by atoms with Crippen molar-refractivity contribution in [1.29, 1.82) is 0 Å². The van der Waals surface area contributed by atoms with E-state index in [1.165, 1.54) is 0 Å². The van der Waals surface area contributed by atoms with Gasteiger partial charge in [-0.2, -0.15) is 0 Å². The molecule has 0 bridgehead atoms. The van der Waals surface area contributed by atoms with Crippen molar-refractivity contribution in [2.24, 2.45) is 10.7 Å². The number of nitrogens with zero attached hydrogens (tertiary/aromatic N) is 3. The molecule has 0 spiro atoms. The molecular formula is C18H18ClN5O2. The Bertz CT molecular complexity index is 1010. The van der Waals surface area contributed by atoms with Gasteiger partial charge in [0.15, 0.2) is 23.6 Å².